The van der Waals surface area contributed by atoms with Crippen LogP contribution in [0.15, 0.2) is 18.3 Å². The molecule has 0 aliphatic rings. The van der Waals surface area contributed by atoms with E-state index in [0.29, 0.717) is 5.88 Å². The van der Waals surface area contributed by atoms with Crippen LogP contribution >= 0.6 is 11.6 Å². The number of halogens is 1. The summed E-state index contributed by atoms with van der Waals surface area (Å²) >= 11 is 5.47. The van der Waals surface area contributed by atoms with Crippen molar-refractivity contribution in [2.45, 2.75) is 6.42 Å². The van der Waals surface area contributed by atoms with Crippen LogP contribution in [0.2, 0.25) is 0 Å². The summed E-state index contributed by atoms with van der Waals surface area (Å²) in [7, 11) is 0. The van der Waals surface area contributed by atoms with Crippen molar-refractivity contribution < 1.29 is 9.90 Å². The maximum absolute atomic E-state index is 10.5. The number of hydrogen-bond acceptors (Lipinski definition) is 1. The number of rotatable bonds is 4. The molecule has 1 heterocycles. The first-order valence-electron chi connectivity index (χ1n) is 3.88. The van der Waals surface area contributed by atoms with Crippen molar-refractivity contribution in [2.24, 2.45) is 0 Å². The Morgan fingerprint density at radius 2 is 2.46 bits per heavy atom. The van der Waals surface area contributed by atoms with Gasteiger partial charge in [-0.1, -0.05) is 12.2 Å². The summed E-state index contributed by atoms with van der Waals surface area (Å²) in [5.41, 5.74) is 1.05. The minimum atomic E-state index is -0.947. The summed E-state index contributed by atoms with van der Waals surface area (Å²) < 4.78 is 0. The van der Waals surface area contributed by atoms with Gasteiger partial charge >= 0.3 is 5.97 Å². The summed E-state index contributed by atoms with van der Waals surface area (Å²) in [4.78, 5) is 13.1. The van der Waals surface area contributed by atoms with E-state index in [9.17, 15) is 4.79 Å². The molecule has 13 heavy (non-hydrogen) atoms. The van der Waals surface area contributed by atoms with Crippen molar-refractivity contribution in [2.75, 3.05) is 5.88 Å². The zero-order valence-corrected chi connectivity index (χ0v) is 7.71. The average Bonchev–Trinajstić information content (AvgIpc) is 2.53. The maximum Gasteiger partial charge on any atom is 0.352 e. The molecular weight excluding hydrogens is 190 g/mol. The number of carbonyl (C=O) groups is 1. The van der Waals surface area contributed by atoms with Gasteiger partial charge in [0, 0.05) is 12.1 Å². The van der Waals surface area contributed by atoms with E-state index in [1.165, 1.54) is 0 Å². The number of aromatic carboxylic acids is 1. The highest BCUT2D eigenvalue weighted by Gasteiger charge is 2.03. The van der Waals surface area contributed by atoms with Gasteiger partial charge in [0.05, 0.1) is 0 Å². The number of carboxylic acids is 1. The second-order valence-corrected chi connectivity index (χ2v) is 2.91. The summed E-state index contributed by atoms with van der Waals surface area (Å²) in [6.07, 6.45) is 6.18. The molecule has 0 saturated carbocycles. The number of aromatic nitrogens is 1. The second kappa shape index (κ2) is 4.72. The Bertz CT molecular complexity index is 317. The molecule has 2 N–H and O–H groups in total. The zero-order chi connectivity index (χ0) is 9.68. The molecule has 0 aliphatic heterocycles. The topological polar surface area (TPSA) is 53.1 Å². The number of hydrogen-bond donors (Lipinski definition) is 2. The van der Waals surface area contributed by atoms with Crippen molar-refractivity contribution in [3.05, 3.63) is 29.6 Å². The molecule has 3 nitrogen and oxygen atoms in total. The first-order chi connectivity index (χ1) is 6.24. The van der Waals surface area contributed by atoms with E-state index in [1.807, 2.05) is 12.2 Å². The van der Waals surface area contributed by atoms with Crippen LogP contribution in [0.1, 0.15) is 22.5 Å². The lowest BCUT2D eigenvalue weighted by Crippen LogP contribution is -1.94. The summed E-state index contributed by atoms with van der Waals surface area (Å²) in [6.45, 7) is 0. The van der Waals surface area contributed by atoms with Crippen molar-refractivity contribution in [1.29, 1.82) is 0 Å². The van der Waals surface area contributed by atoms with Crippen LogP contribution in [-0.4, -0.2) is 21.9 Å². The predicted octanol–water partition coefficient (Wildman–Crippen LogP) is 2.35. The lowest BCUT2D eigenvalue weighted by Gasteiger charge is -1.83. The fourth-order valence-electron chi connectivity index (χ4n) is 0.913. The Kier molecular flexibility index (Phi) is 3.58. The van der Waals surface area contributed by atoms with Crippen molar-refractivity contribution in [3.8, 4) is 0 Å². The Balaban J connectivity index is 2.64. The van der Waals surface area contributed by atoms with Gasteiger partial charge in [-0.2, -0.15) is 0 Å². The molecule has 4 heteroatoms. The highest BCUT2D eigenvalue weighted by atomic mass is 35.5. The minimum Gasteiger partial charge on any atom is -0.477 e. The standard InChI is InChI=1S/C9H10ClNO2/c10-4-2-1-3-7-5-8(9(12)13)11-6-7/h1,3,5-6,11H,2,4H2,(H,12,13). The second-order valence-electron chi connectivity index (χ2n) is 2.53. The molecule has 0 aliphatic carbocycles. The van der Waals surface area contributed by atoms with Gasteiger partial charge < -0.3 is 10.1 Å². The van der Waals surface area contributed by atoms with E-state index in [-0.39, 0.29) is 5.69 Å². The zero-order valence-electron chi connectivity index (χ0n) is 6.96. The van der Waals surface area contributed by atoms with Gasteiger partial charge in [0.25, 0.3) is 0 Å². The Morgan fingerprint density at radius 1 is 1.69 bits per heavy atom. The van der Waals surface area contributed by atoms with Gasteiger partial charge in [-0.3, -0.25) is 0 Å². The molecule has 0 bridgehead atoms. The Hall–Kier alpha value is -1.22. The van der Waals surface area contributed by atoms with Crippen LogP contribution in [0.5, 0.6) is 0 Å². The monoisotopic (exact) mass is 199 g/mol. The number of carboxylic acid groups (broad SMARTS) is 1. The maximum atomic E-state index is 10.5. The minimum absolute atomic E-state index is 0.200. The van der Waals surface area contributed by atoms with E-state index in [1.54, 1.807) is 12.3 Å². The quantitative estimate of drug-likeness (QED) is 0.732. The van der Waals surface area contributed by atoms with E-state index in [0.717, 1.165) is 12.0 Å². The van der Waals surface area contributed by atoms with Gasteiger partial charge in [0.2, 0.25) is 0 Å². The highest BCUT2D eigenvalue weighted by Crippen LogP contribution is 2.06. The van der Waals surface area contributed by atoms with E-state index in [2.05, 4.69) is 4.98 Å². The summed E-state index contributed by atoms with van der Waals surface area (Å²) in [5, 5.41) is 8.59. The lowest BCUT2D eigenvalue weighted by molar-refractivity contribution is 0.0691. The molecule has 0 amide bonds. The van der Waals surface area contributed by atoms with E-state index in [4.69, 9.17) is 16.7 Å². The van der Waals surface area contributed by atoms with Crippen LogP contribution in [-0.2, 0) is 0 Å². The summed E-state index contributed by atoms with van der Waals surface area (Å²) in [5.74, 6) is -0.371. The van der Waals surface area contributed by atoms with E-state index >= 15 is 0 Å². The first kappa shape index (κ1) is 9.86. The molecule has 70 valence electrons. The molecule has 1 rings (SSSR count). The number of aromatic amines is 1. The van der Waals surface area contributed by atoms with Gasteiger partial charge in [0.1, 0.15) is 5.69 Å². The number of alkyl halides is 1. The Labute approximate surface area is 81.0 Å². The predicted molar refractivity (Wildman–Crippen MR) is 52.1 cm³/mol. The van der Waals surface area contributed by atoms with Crippen molar-refractivity contribution >= 4 is 23.6 Å². The van der Waals surface area contributed by atoms with Gasteiger partial charge in [-0.25, -0.2) is 4.79 Å². The molecule has 0 atom stereocenters. The molecule has 0 spiro atoms. The third-order valence-corrected chi connectivity index (χ3v) is 1.74. The number of nitrogens with one attached hydrogen (secondary N) is 1. The van der Waals surface area contributed by atoms with Gasteiger partial charge in [-0.15, -0.1) is 11.6 Å². The average molecular weight is 200 g/mol. The molecular formula is C9H10ClNO2. The SMILES string of the molecule is O=C(O)c1cc(C=CCCCl)c[nH]1. The summed E-state index contributed by atoms with van der Waals surface area (Å²) in [6, 6.07) is 1.58. The molecule has 0 aromatic carbocycles. The molecule has 0 unspecified atom stereocenters. The van der Waals surface area contributed by atoms with Crippen molar-refractivity contribution in [3.63, 3.8) is 0 Å². The smallest absolute Gasteiger partial charge is 0.352 e. The number of allylic oxidation sites excluding steroid dienone is 1. The molecule has 0 radical (unpaired) electrons. The molecule has 1 aromatic rings. The van der Waals surface area contributed by atoms with Crippen LogP contribution in [0.4, 0.5) is 0 Å². The van der Waals surface area contributed by atoms with Gasteiger partial charge in [0.15, 0.2) is 0 Å². The third kappa shape index (κ3) is 2.95. The normalized spacial score (nSPS) is 10.8. The molecule has 0 fully saturated rings. The first-order valence-corrected chi connectivity index (χ1v) is 4.41. The highest BCUT2D eigenvalue weighted by molar-refractivity contribution is 6.17. The largest absolute Gasteiger partial charge is 0.477 e. The fraction of sp³-hybridized carbons (Fsp3) is 0.222. The lowest BCUT2D eigenvalue weighted by atomic mass is 10.2. The third-order valence-electron chi connectivity index (χ3n) is 1.52. The molecule has 1 aromatic heterocycles. The van der Waals surface area contributed by atoms with Gasteiger partial charge in [-0.05, 0) is 18.1 Å². The molecule has 0 saturated heterocycles. The van der Waals surface area contributed by atoms with Crippen molar-refractivity contribution in [1.82, 2.24) is 4.98 Å². The van der Waals surface area contributed by atoms with Crippen LogP contribution in [0.3, 0.4) is 0 Å². The fourth-order valence-corrected chi connectivity index (χ4v) is 1.04. The van der Waals surface area contributed by atoms with Crippen LogP contribution in [0.25, 0.3) is 6.08 Å². The van der Waals surface area contributed by atoms with Crippen LogP contribution in [0, 0.1) is 0 Å². The Morgan fingerprint density at radius 3 is 3.00 bits per heavy atom. The van der Waals surface area contributed by atoms with Crippen LogP contribution < -0.4 is 0 Å². The van der Waals surface area contributed by atoms with E-state index < -0.39 is 5.97 Å². The number of H-pyrrole nitrogens is 1.